The normalized spacial score (nSPS) is 16.4. The lowest BCUT2D eigenvalue weighted by atomic mass is 9.83. The van der Waals surface area contributed by atoms with Crippen LogP contribution in [0, 0.1) is 3.57 Å². The number of phenolic OH excluding ortho intramolecular Hbond substituents is 1. The van der Waals surface area contributed by atoms with Crippen LogP contribution >= 0.6 is 33.9 Å². The van der Waals surface area contributed by atoms with Crippen LogP contribution in [0.25, 0.3) is 11.8 Å². The first-order valence-corrected chi connectivity index (χ1v) is 14.3. The zero-order valence-corrected chi connectivity index (χ0v) is 23.9. The first-order chi connectivity index (χ1) is 18.5. The minimum absolute atomic E-state index is 0.0898. The predicted molar refractivity (Wildman–Crippen MR) is 158 cm³/mol. The van der Waals surface area contributed by atoms with E-state index in [1.54, 1.807) is 13.2 Å². The highest BCUT2D eigenvalue weighted by molar-refractivity contribution is 14.1. The highest BCUT2D eigenvalue weighted by atomic mass is 127. The number of hydrogen-bond donors (Lipinski definition) is 1. The van der Waals surface area contributed by atoms with Gasteiger partial charge in [0.15, 0.2) is 16.3 Å². The van der Waals surface area contributed by atoms with Crippen molar-refractivity contribution in [1.29, 1.82) is 0 Å². The Morgan fingerprint density at radius 2 is 2.00 bits per heavy atom. The van der Waals surface area contributed by atoms with Gasteiger partial charge in [-0.05, 0) is 95.0 Å². The number of fused-ring (bicyclic) bond motifs is 3. The van der Waals surface area contributed by atoms with Gasteiger partial charge in [-0.3, -0.25) is 9.36 Å². The van der Waals surface area contributed by atoms with Gasteiger partial charge in [0.25, 0.3) is 5.56 Å². The van der Waals surface area contributed by atoms with E-state index in [0.717, 1.165) is 46.6 Å². The van der Waals surface area contributed by atoms with Crippen LogP contribution in [0.15, 0.2) is 76.0 Å². The van der Waals surface area contributed by atoms with Crippen LogP contribution in [0.1, 0.15) is 41.6 Å². The summed E-state index contributed by atoms with van der Waals surface area (Å²) in [5, 5.41) is 10.4. The molecule has 6 rings (SSSR count). The second kappa shape index (κ2) is 10.1. The molecule has 2 heterocycles. The van der Waals surface area contributed by atoms with E-state index in [4.69, 9.17) is 14.5 Å². The standard InChI is InChI=1S/C30H25IN2O4S/c1-3-37-24-14-17(13-23(31)28(24)34)15-25-29(35)33-27(19-8-6-9-20(16-19)36-2)22-12-11-18-7-4-5-10-21(18)26(22)32-30(33)38-25/h4-10,13-16,27,34H,3,11-12H2,1-2H3/b25-15+/t27-/m0/s1. The number of phenols is 1. The van der Waals surface area contributed by atoms with Crippen molar-refractivity contribution in [3.63, 3.8) is 0 Å². The molecule has 38 heavy (non-hydrogen) atoms. The molecule has 6 nitrogen and oxygen atoms in total. The number of hydrogen-bond acceptors (Lipinski definition) is 6. The fourth-order valence-corrected chi connectivity index (χ4v) is 6.85. The van der Waals surface area contributed by atoms with Crippen molar-refractivity contribution in [2.24, 2.45) is 4.99 Å². The summed E-state index contributed by atoms with van der Waals surface area (Å²) >= 11 is 3.46. The van der Waals surface area contributed by atoms with E-state index >= 15 is 0 Å². The molecular weight excluding hydrogens is 611 g/mol. The van der Waals surface area contributed by atoms with Gasteiger partial charge in [-0.1, -0.05) is 47.7 Å². The van der Waals surface area contributed by atoms with Crippen LogP contribution in [0.5, 0.6) is 17.2 Å². The molecule has 8 heteroatoms. The maximum absolute atomic E-state index is 14.0. The third-order valence-electron chi connectivity index (χ3n) is 6.93. The van der Waals surface area contributed by atoms with E-state index in [1.807, 2.05) is 47.9 Å². The fourth-order valence-electron chi connectivity index (χ4n) is 5.23. The number of ether oxygens (including phenoxy) is 2. The highest BCUT2D eigenvalue weighted by Gasteiger charge is 2.32. The minimum Gasteiger partial charge on any atom is -0.504 e. The number of aromatic nitrogens is 1. The van der Waals surface area contributed by atoms with Gasteiger partial charge in [0, 0.05) is 5.56 Å². The fraction of sp³-hybridized carbons (Fsp3) is 0.200. The largest absolute Gasteiger partial charge is 0.504 e. The molecule has 2 aliphatic rings. The van der Waals surface area contributed by atoms with Crippen molar-refractivity contribution in [2.45, 2.75) is 25.8 Å². The number of benzene rings is 3. The molecule has 0 saturated heterocycles. The van der Waals surface area contributed by atoms with Crippen LogP contribution in [0.4, 0.5) is 0 Å². The summed E-state index contributed by atoms with van der Waals surface area (Å²) in [6.07, 6.45) is 3.59. The average molecular weight is 637 g/mol. The van der Waals surface area contributed by atoms with E-state index in [0.29, 0.717) is 25.3 Å². The monoisotopic (exact) mass is 636 g/mol. The Kier molecular flexibility index (Phi) is 6.61. The molecule has 3 aromatic carbocycles. The molecule has 0 fully saturated rings. The molecule has 1 aliphatic heterocycles. The van der Waals surface area contributed by atoms with Gasteiger partial charge < -0.3 is 14.6 Å². The van der Waals surface area contributed by atoms with E-state index in [1.165, 1.54) is 16.9 Å². The third-order valence-corrected chi connectivity index (χ3v) is 8.74. The molecule has 0 spiro atoms. The number of nitrogens with zero attached hydrogens (tertiary/aromatic N) is 2. The van der Waals surface area contributed by atoms with Gasteiger partial charge in [-0.25, -0.2) is 4.99 Å². The van der Waals surface area contributed by atoms with Crippen molar-refractivity contribution < 1.29 is 14.6 Å². The molecule has 1 N–H and O–H groups in total. The first kappa shape index (κ1) is 24.9. The first-order valence-electron chi connectivity index (χ1n) is 12.4. The number of aryl methyl sites for hydroxylation is 1. The maximum atomic E-state index is 14.0. The Bertz CT molecular complexity index is 1790. The molecule has 1 atom stereocenters. The van der Waals surface area contributed by atoms with Gasteiger partial charge in [0.2, 0.25) is 0 Å². The molecule has 0 bridgehead atoms. The van der Waals surface area contributed by atoms with Gasteiger partial charge >= 0.3 is 0 Å². The molecule has 0 amide bonds. The molecule has 0 saturated carbocycles. The molecule has 192 valence electrons. The summed E-state index contributed by atoms with van der Waals surface area (Å²) < 4.78 is 14.2. The topological polar surface area (TPSA) is 73.0 Å². The zero-order valence-electron chi connectivity index (χ0n) is 20.9. The minimum atomic E-state index is -0.272. The summed E-state index contributed by atoms with van der Waals surface area (Å²) in [6.45, 7) is 2.30. The summed E-state index contributed by atoms with van der Waals surface area (Å²) in [4.78, 5) is 19.7. The van der Waals surface area contributed by atoms with E-state index in [9.17, 15) is 9.90 Å². The summed E-state index contributed by atoms with van der Waals surface area (Å²) in [5.74, 6) is 1.26. The third kappa shape index (κ3) is 4.25. The number of aromatic hydroxyl groups is 1. The van der Waals surface area contributed by atoms with Crippen molar-refractivity contribution in [1.82, 2.24) is 4.57 Å². The van der Waals surface area contributed by atoms with E-state index in [2.05, 4.69) is 46.9 Å². The van der Waals surface area contributed by atoms with Gasteiger partial charge in [-0.2, -0.15) is 0 Å². The zero-order chi connectivity index (χ0) is 26.4. The van der Waals surface area contributed by atoms with Crippen LogP contribution in [0.2, 0.25) is 0 Å². The predicted octanol–water partition coefficient (Wildman–Crippen LogP) is 5.04. The molecule has 0 radical (unpaired) electrons. The van der Waals surface area contributed by atoms with Gasteiger partial charge in [0.05, 0.1) is 33.6 Å². The Labute approximate surface area is 237 Å². The SMILES string of the molecule is CCOc1cc(/C=c2/sc3n(c2=O)[C@@H](c2cccc(OC)c2)C2=C(N=3)c3ccccc3CC2)cc(I)c1O. The molecule has 0 unspecified atom stereocenters. The van der Waals surface area contributed by atoms with Crippen LogP contribution in [-0.4, -0.2) is 23.4 Å². The smallest absolute Gasteiger partial charge is 0.271 e. The summed E-state index contributed by atoms with van der Waals surface area (Å²) in [7, 11) is 1.65. The number of rotatable bonds is 5. The maximum Gasteiger partial charge on any atom is 0.271 e. The Morgan fingerprint density at radius 1 is 1.16 bits per heavy atom. The van der Waals surface area contributed by atoms with Crippen molar-refractivity contribution in [3.05, 3.63) is 112 Å². The number of methoxy groups -OCH3 is 1. The lowest BCUT2D eigenvalue weighted by molar-refractivity contribution is 0.317. The van der Waals surface area contributed by atoms with E-state index < -0.39 is 0 Å². The van der Waals surface area contributed by atoms with Crippen LogP contribution in [-0.2, 0) is 6.42 Å². The Morgan fingerprint density at radius 3 is 2.82 bits per heavy atom. The quantitative estimate of drug-likeness (QED) is 0.312. The number of thiazole rings is 1. The molecular formula is C30H25IN2O4S. The van der Waals surface area contributed by atoms with Crippen molar-refractivity contribution in [3.8, 4) is 17.2 Å². The second-order valence-electron chi connectivity index (χ2n) is 9.17. The van der Waals surface area contributed by atoms with Crippen LogP contribution in [0.3, 0.4) is 0 Å². The van der Waals surface area contributed by atoms with Crippen molar-refractivity contribution >= 4 is 45.7 Å². The van der Waals surface area contributed by atoms with Gasteiger partial charge in [-0.15, -0.1) is 0 Å². The second-order valence-corrected chi connectivity index (χ2v) is 11.3. The Hall–Kier alpha value is -3.37. The highest BCUT2D eigenvalue weighted by Crippen LogP contribution is 2.41. The summed E-state index contributed by atoms with van der Waals surface area (Å²) in [5.41, 5.74) is 6.21. The van der Waals surface area contributed by atoms with Gasteiger partial charge in [0.1, 0.15) is 5.75 Å². The number of halogens is 1. The average Bonchev–Trinajstić information content (AvgIpc) is 3.24. The molecule has 1 aliphatic carbocycles. The van der Waals surface area contributed by atoms with Crippen LogP contribution < -0.4 is 24.4 Å². The lowest BCUT2D eigenvalue weighted by Gasteiger charge is -2.31. The summed E-state index contributed by atoms with van der Waals surface area (Å²) in [6, 6.07) is 19.7. The Balaban J connectivity index is 1.59. The van der Waals surface area contributed by atoms with E-state index in [-0.39, 0.29) is 17.4 Å². The lowest BCUT2D eigenvalue weighted by Crippen LogP contribution is -2.38. The molecule has 4 aromatic rings. The van der Waals surface area contributed by atoms with Crippen molar-refractivity contribution in [2.75, 3.05) is 13.7 Å². The number of allylic oxidation sites excluding steroid dienone is 1. The molecule has 1 aromatic heterocycles.